The van der Waals surface area contributed by atoms with Crippen molar-refractivity contribution in [1.29, 1.82) is 0 Å². The Hall–Kier alpha value is -2.29. The molecule has 0 aliphatic heterocycles. The molecule has 29 heavy (non-hydrogen) atoms. The van der Waals surface area contributed by atoms with Crippen molar-refractivity contribution >= 4 is 57.4 Å². The second kappa shape index (κ2) is 9.96. The Bertz CT molecular complexity index is 1080. The zero-order valence-corrected chi connectivity index (χ0v) is 18.8. The number of ether oxygens (including phenoxy) is 1. The first kappa shape index (κ1) is 21.4. The van der Waals surface area contributed by atoms with Gasteiger partial charge in [-0.05, 0) is 42.9 Å². The van der Waals surface area contributed by atoms with E-state index in [2.05, 4.69) is 20.9 Å². The summed E-state index contributed by atoms with van der Waals surface area (Å²) in [5.41, 5.74) is 1.68. The van der Waals surface area contributed by atoms with Crippen molar-refractivity contribution in [3.05, 3.63) is 73.5 Å². The maximum absolute atomic E-state index is 12.6. The molecule has 3 aromatic rings. The molecule has 1 aromatic heterocycles. The highest BCUT2D eigenvalue weighted by molar-refractivity contribution is 9.10. The highest BCUT2D eigenvalue weighted by Gasteiger charge is 2.27. The normalized spacial score (nSPS) is 12.2. The Labute approximate surface area is 186 Å². The molecule has 3 rings (SSSR count). The predicted molar refractivity (Wildman–Crippen MR) is 122 cm³/mol. The molecule has 0 bridgehead atoms. The van der Waals surface area contributed by atoms with Crippen LogP contribution in [0, 0.1) is 3.95 Å². The maximum Gasteiger partial charge on any atom is 0.329 e. The zero-order valence-electron chi connectivity index (χ0n) is 15.6. The molecule has 0 fully saturated rings. The van der Waals surface area contributed by atoms with E-state index in [0.29, 0.717) is 15.3 Å². The lowest BCUT2D eigenvalue weighted by Crippen LogP contribution is -2.24. The number of aromatic hydroxyl groups is 1. The Morgan fingerprint density at radius 1 is 1.31 bits per heavy atom. The summed E-state index contributed by atoms with van der Waals surface area (Å²) in [5, 5.41) is 10.8. The van der Waals surface area contributed by atoms with E-state index >= 15 is 0 Å². The Kier molecular flexibility index (Phi) is 7.35. The molecule has 0 unspecified atom stereocenters. The monoisotopic (exact) mass is 490 g/mol. The lowest BCUT2D eigenvalue weighted by Gasteiger charge is -2.18. The minimum atomic E-state index is -0.755. The summed E-state index contributed by atoms with van der Waals surface area (Å²) in [5.74, 6) is -0.524. The summed E-state index contributed by atoms with van der Waals surface area (Å²) in [4.78, 5) is 17.5. The van der Waals surface area contributed by atoms with Crippen molar-refractivity contribution in [2.45, 2.75) is 19.4 Å². The number of aliphatic imine (C=N–C) groups is 1. The Balaban J connectivity index is 1.96. The number of carbonyl (C=O) groups is 1. The van der Waals surface area contributed by atoms with Gasteiger partial charge in [-0.2, -0.15) is 0 Å². The standard InChI is InChI=1S/C21H19BrN2O3S2/c1-2-27-20(26)17(11-14-7-4-3-5-8-14)24-19(25)18(29-21(24)28)13-23-16-10-6-9-15(22)12-16/h3-10,12-13,17,25H,2,11H2,1H3/t17-/m0/s1. The van der Waals surface area contributed by atoms with Gasteiger partial charge in [-0.3, -0.25) is 9.56 Å². The van der Waals surface area contributed by atoms with Gasteiger partial charge < -0.3 is 9.84 Å². The molecule has 0 spiro atoms. The maximum atomic E-state index is 12.6. The number of hydrogen-bond acceptors (Lipinski definition) is 6. The van der Waals surface area contributed by atoms with E-state index in [0.717, 1.165) is 15.7 Å². The molecule has 1 atom stereocenters. The molecule has 0 aliphatic rings. The van der Waals surface area contributed by atoms with Gasteiger partial charge in [-0.25, -0.2) is 4.79 Å². The number of hydrogen-bond donors (Lipinski definition) is 1. The summed E-state index contributed by atoms with van der Waals surface area (Å²) in [6.07, 6.45) is 1.92. The van der Waals surface area contributed by atoms with Gasteiger partial charge in [-0.1, -0.05) is 63.7 Å². The van der Waals surface area contributed by atoms with Crippen molar-refractivity contribution < 1.29 is 14.6 Å². The largest absolute Gasteiger partial charge is 0.493 e. The van der Waals surface area contributed by atoms with Crippen LogP contribution in [0.1, 0.15) is 23.4 Å². The fraction of sp³-hybridized carbons (Fsp3) is 0.190. The first-order valence-corrected chi connectivity index (χ1v) is 11.0. The van der Waals surface area contributed by atoms with Crippen LogP contribution in [0.25, 0.3) is 0 Å². The van der Waals surface area contributed by atoms with E-state index in [4.69, 9.17) is 17.0 Å². The Morgan fingerprint density at radius 3 is 2.76 bits per heavy atom. The second-order valence-electron chi connectivity index (χ2n) is 6.12. The van der Waals surface area contributed by atoms with Gasteiger partial charge >= 0.3 is 5.97 Å². The van der Waals surface area contributed by atoms with Gasteiger partial charge in [0.25, 0.3) is 0 Å². The number of esters is 1. The topological polar surface area (TPSA) is 63.8 Å². The van der Waals surface area contributed by atoms with Crippen molar-refractivity contribution in [2.75, 3.05) is 6.61 Å². The van der Waals surface area contributed by atoms with Crippen molar-refractivity contribution in [1.82, 2.24) is 4.57 Å². The number of rotatable bonds is 7. The van der Waals surface area contributed by atoms with Gasteiger partial charge in [-0.15, -0.1) is 0 Å². The first-order valence-electron chi connectivity index (χ1n) is 8.94. The van der Waals surface area contributed by atoms with Crippen LogP contribution < -0.4 is 0 Å². The number of aromatic nitrogens is 1. The average molecular weight is 491 g/mol. The predicted octanol–water partition coefficient (Wildman–Crippen LogP) is 5.84. The highest BCUT2D eigenvalue weighted by Crippen LogP contribution is 2.31. The molecule has 1 heterocycles. The second-order valence-corrected chi connectivity index (χ2v) is 8.71. The fourth-order valence-electron chi connectivity index (χ4n) is 2.80. The van der Waals surface area contributed by atoms with Crippen molar-refractivity contribution in [2.24, 2.45) is 4.99 Å². The number of benzene rings is 2. The summed E-state index contributed by atoms with van der Waals surface area (Å²) >= 11 is 10.1. The number of halogens is 1. The van der Waals surface area contributed by atoms with E-state index < -0.39 is 12.0 Å². The number of thiazole rings is 1. The molecule has 0 saturated heterocycles. The van der Waals surface area contributed by atoms with Crippen LogP contribution in [0.3, 0.4) is 0 Å². The van der Waals surface area contributed by atoms with Gasteiger partial charge in [0.15, 0.2) is 3.95 Å². The van der Waals surface area contributed by atoms with Crippen LogP contribution in [0.4, 0.5) is 5.69 Å². The molecule has 0 saturated carbocycles. The molecular formula is C21H19BrN2O3S2. The molecule has 150 valence electrons. The highest BCUT2D eigenvalue weighted by atomic mass is 79.9. The molecule has 2 aromatic carbocycles. The van der Waals surface area contributed by atoms with Gasteiger partial charge in [0.1, 0.15) is 10.9 Å². The van der Waals surface area contributed by atoms with Crippen molar-refractivity contribution in [3.8, 4) is 5.88 Å². The third-order valence-electron chi connectivity index (χ3n) is 4.12. The van der Waals surface area contributed by atoms with Crippen LogP contribution in [0.2, 0.25) is 0 Å². The van der Waals surface area contributed by atoms with E-state index in [1.165, 1.54) is 15.9 Å². The molecule has 8 heteroatoms. The quantitative estimate of drug-likeness (QED) is 0.256. The summed E-state index contributed by atoms with van der Waals surface area (Å²) < 4.78 is 7.98. The van der Waals surface area contributed by atoms with Crippen LogP contribution in [-0.4, -0.2) is 28.5 Å². The Morgan fingerprint density at radius 2 is 2.07 bits per heavy atom. The SMILES string of the molecule is CCOC(=O)[C@H](Cc1ccccc1)n1c(O)c(C=Nc2cccc(Br)c2)sc1=S. The minimum Gasteiger partial charge on any atom is -0.493 e. The molecule has 0 aliphatic carbocycles. The van der Waals surface area contributed by atoms with Crippen LogP contribution in [0.5, 0.6) is 5.88 Å². The van der Waals surface area contributed by atoms with Gasteiger partial charge in [0.2, 0.25) is 5.88 Å². The molecule has 0 radical (unpaired) electrons. The minimum absolute atomic E-state index is 0.0901. The smallest absolute Gasteiger partial charge is 0.329 e. The molecular weight excluding hydrogens is 472 g/mol. The lowest BCUT2D eigenvalue weighted by molar-refractivity contribution is -0.147. The van der Waals surface area contributed by atoms with Gasteiger partial charge in [0, 0.05) is 10.9 Å². The first-order chi connectivity index (χ1) is 14.0. The van der Waals surface area contributed by atoms with Gasteiger partial charge in [0.05, 0.1) is 18.5 Å². The van der Waals surface area contributed by atoms with Crippen LogP contribution in [-0.2, 0) is 16.0 Å². The zero-order chi connectivity index (χ0) is 20.8. The van der Waals surface area contributed by atoms with Crippen molar-refractivity contribution in [3.63, 3.8) is 0 Å². The molecule has 1 N–H and O–H groups in total. The summed E-state index contributed by atoms with van der Waals surface area (Å²) in [6.45, 7) is 2.00. The summed E-state index contributed by atoms with van der Waals surface area (Å²) in [6, 6.07) is 16.3. The number of nitrogens with zero attached hydrogens (tertiary/aromatic N) is 2. The molecule has 0 amide bonds. The van der Waals surface area contributed by atoms with E-state index in [1.54, 1.807) is 13.1 Å². The third kappa shape index (κ3) is 5.41. The lowest BCUT2D eigenvalue weighted by atomic mass is 10.1. The fourth-order valence-corrected chi connectivity index (χ4v) is 4.46. The van der Waals surface area contributed by atoms with Crippen LogP contribution in [0.15, 0.2) is 64.1 Å². The van der Waals surface area contributed by atoms with E-state index in [9.17, 15) is 9.90 Å². The number of carbonyl (C=O) groups excluding carboxylic acids is 1. The van der Waals surface area contributed by atoms with E-state index in [-0.39, 0.29) is 12.5 Å². The molecule has 5 nitrogen and oxygen atoms in total. The van der Waals surface area contributed by atoms with Crippen LogP contribution >= 0.6 is 39.5 Å². The van der Waals surface area contributed by atoms with E-state index in [1.807, 2.05) is 54.6 Å². The summed E-state index contributed by atoms with van der Waals surface area (Å²) in [7, 11) is 0. The third-order valence-corrected chi connectivity index (χ3v) is 5.94. The average Bonchev–Trinajstić information content (AvgIpc) is 2.99.